The highest BCUT2D eigenvalue weighted by Gasteiger charge is 2.32. The van der Waals surface area contributed by atoms with E-state index >= 15 is 4.39 Å². The van der Waals surface area contributed by atoms with Gasteiger partial charge in [0.15, 0.2) is 0 Å². The van der Waals surface area contributed by atoms with E-state index in [9.17, 15) is 4.79 Å². The summed E-state index contributed by atoms with van der Waals surface area (Å²) in [5, 5.41) is 9.38. The van der Waals surface area contributed by atoms with Gasteiger partial charge in [0.2, 0.25) is 5.95 Å². The van der Waals surface area contributed by atoms with Gasteiger partial charge in [-0.25, -0.2) is 19.0 Å². The zero-order chi connectivity index (χ0) is 25.0. The van der Waals surface area contributed by atoms with Crippen LogP contribution in [0.3, 0.4) is 0 Å². The molecular formula is C25H25ClFN7O2. The van der Waals surface area contributed by atoms with Gasteiger partial charge in [-0.15, -0.1) is 0 Å². The maximum Gasteiger partial charge on any atom is 0.293 e. The van der Waals surface area contributed by atoms with Crippen molar-refractivity contribution in [3.8, 4) is 11.3 Å². The molecule has 3 aromatic heterocycles. The van der Waals surface area contributed by atoms with E-state index < -0.39 is 5.82 Å². The minimum absolute atomic E-state index is 0.118. The molecule has 4 heterocycles. The molecule has 0 N–H and O–H groups in total. The van der Waals surface area contributed by atoms with Gasteiger partial charge < -0.3 is 9.64 Å². The molecule has 186 valence electrons. The van der Waals surface area contributed by atoms with Gasteiger partial charge in [-0.2, -0.15) is 10.2 Å². The maximum absolute atomic E-state index is 15.0. The lowest BCUT2D eigenvalue weighted by atomic mass is 10.1. The van der Waals surface area contributed by atoms with Crippen LogP contribution in [0.1, 0.15) is 44.4 Å². The Bertz CT molecular complexity index is 1520. The van der Waals surface area contributed by atoms with Crippen LogP contribution >= 0.6 is 11.6 Å². The summed E-state index contributed by atoms with van der Waals surface area (Å²) in [7, 11) is 0. The fourth-order valence-electron chi connectivity index (χ4n) is 4.66. The molecule has 1 saturated heterocycles. The van der Waals surface area contributed by atoms with E-state index in [0.717, 1.165) is 18.4 Å². The van der Waals surface area contributed by atoms with Crippen molar-refractivity contribution in [1.82, 2.24) is 29.5 Å². The molecule has 2 unspecified atom stereocenters. The van der Waals surface area contributed by atoms with Gasteiger partial charge in [0, 0.05) is 35.4 Å². The molecule has 1 aliphatic carbocycles. The van der Waals surface area contributed by atoms with E-state index in [0.29, 0.717) is 42.7 Å². The van der Waals surface area contributed by atoms with E-state index in [1.165, 1.54) is 16.9 Å². The second-order valence-corrected chi connectivity index (χ2v) is 9.79. The average molecular weight is 510 g/mol. The number of nitrogens with zero attached hydrogens (tertiary/aromatic N) is 7. The highest BCUT2D eigenvalue weighted by atomic mass is 35.5. The minimum Gasteiger partial charge on any atom is -0.367 e. The second kappa shape index (κ2) is 8.94. The quantitative estimate of drug-likeness (QED) is 0.399. The first-order chi connectivity index (χ1) is 17.4. The van der Waals surface area contributed by atoms with Crippen molar-refractivity contribution in [1.29, 1.82) is 0 Å². The van der Waals surface area contributed by atoms with E-state index in [4.69, 9.17) is 21.3 Å². The average Bonchev–Trinajstić information content (AvgIpc) is 3.60. The Hall–Kier alpha value is -3.37. The Labute approximate surface area is 211 Å². The third kappa shape index (κ3) is 4.14. The van der Waals surface area contributed by atoms with Gasteiger partial charge >= 0.3 is 0 Å². The molecule has 1 aliphatic heterocycles. The van der Waals surface area contributed by atoms with Gasteiger partial charge in [0.1, 0.15) is 17.4 Å². The third-order valence-electron chi connectivity index (χ3n) is 6.64. The minimum atomic E-state index is -0.533. The maximum atomic E-state index is 15.0. The molecular weight excluding hydrogens is 485 g/mol. The number of aromatic nitrogens is 6. The highest BCUT2D eigenvalue weighted by molar-refractivity contribution is 6.30. The van der Waals surface area contributed by atoms with Crippen molar-refractivity contribution in [2.24, 2.45) is 0 Å². The monoisotopic (exact) mass is 509 g/mol. The number of benzene rings is 1. The zero-order valence-electron chi connectivity index (χ0n) is 19.9. The Morgan fingerprint density at radius 1 is 1.17 bits per heavy atom. The summed E-state index contributed by atoms with van der Waals surface area (Å²) < 4.78 is 24.6. The van der Waals surface area contributed by atoms with Crippen LogP contribution in [0.25, 0.3) is 22.2 Å². The molecule has 0 spiro atoms. The molecule has 36 heavy (non-hydrogen) atoms. The van der Waals surface area contributed by atoms with Crippen molar-refractivity contribution in [3.63, 3.8) is 0 Å². The molecule has 1 aromatic carbocycles. The van der Waals surface area contributed by atoms with E-state index in [2.05, 4.69) is 15.2 Å². The topological polar surface area (TPSA) is 91.0 Å². The normalized spacial score (nSPS) is 20.3. The summed E-state index contributed by atoms with van der Waals surface area (Å²) in [6.07, 6.45) is 7.35. The zero-order valence-corrected chi connectivity index (χ0v) is 20.7. The highest BCUT2D eigenvalue weighted by Crippen LogP contribution is 2.36. The van der Waals surface area contributed by atoms with Crippen molar-refractivity contribution in [3.05, 3.63) is 63.5 Å². The molecule has 0 radical (unpaired) electrons. The predicted octanol–water partition coefficient (Wildman–Crippen LogP) is 4.16. The molecule has 2 atom stereocenters. The SMILES string of the molecule is CCn1ncc2c(-c3ccc(Cl)cc3F)nc(N3CC(C)OC(c4cnn(C5CC5)c4)C3)nc2c1=O. The first kappa shape index (κ1) is 23.1. The molecule has 1 saturated carbocycles. The molecule has 0 bridgehead atoms. The fourth-order valence-corrected chi connectivity index (χ4v) is 4.81. The lowest BCUT2D eigenvalue weighted by Gasteiger charge is -2.36. The Balaban J connectivity index is 1.46. The van der Waals surface area contributed by atoms with Crippen molar-refractivity contribution in [2.75, 3.05) is 18.0 Å². The van der Waals surface area contributed by atoms with Crippen LogP contribution < -0.4 is 10.5 Å². The summed E-state index contributed by atoms with van der Waals surface area (Å²) in [5.74, 6) is -0.193. The summed E-state index contributed by atoms with van der Waals surface area (Å²) in [6.45, 7) is 5.20. The van der Waals surface area contributed by atoms with Gasteiger partial charge in [-0.1, -0.05) is 11.6 Å². The van der Waals surface area contributed by atoms with Crippen LogP contribution in [-0.2, 0) is 11.3 Å². The van der Waals surface area contributed by atoms with E-state index in [-0.39, 0.29) is 33.9 Å². The van der Waals surface area contributed by atoms with Gasteiger partial charge in [-0.05, 0) is 44.9 Å². The van der Waals surface area contributed by atoms with Crippen LogP contribution in [0, 0.1) is 5.82 Å². The molecule has 0 amide bonds. The summed E-state index contributed by atoms with van der Waals surface area (Å²) >= 11 is 5.99. The first-order valence-electron chi connectivity index (χ1n) is 12.1. The second-order valence-electron chi connectivity index (χ2n) is 9.35. The number of hydrogen-bond donors (Lipinski definition) is 0. The fraction of sp³-hybridized carbons (Fsp3) is 0.400. The van der Waals surface area contributed by atoms with Crippen molar-refractivity contribution >= 4 is 28.5 Å². The lowest BCUT2D eigenvalue weighted by molar-refractivity contribution is -0.0178. The summed E-state index contributed by atoms with van der Waals surface area (Å²) in [5.41, 5.74) is 1.36. The Morgan fingerprint density at radius 3 is 2.75 bits per heavy atom. The van der Waals surface area contributed by atoms with Crippen molar-refractivity contribution in [2.45, 2.75) is 51.5 Å². The number of rotatable bonds is 5. The molecule has 2 fully saturated rings. The van der Waals surface area contributed by atoms with Crippen molar-refractivity contribution < 1.29 is 9.13 Å². The molecule has 2 aliphatic rings. The Morgan fingerprint density at radius 2 is 2.00 bits per heavy atom. The third-order valence-corrected chi connectivity index (χ3v) is 6.88. The summed E-state index contributed by atoms with van der Waals surface area (Å²) in [4.78, 5) is 24.6. The number of halogens is 2. The predicted molar refractivity (Wildman–Crippen MR) is 134 cm³/mol. The molecule has 4 aromatic rings. The van der Waals surface area contributed by atoms with Crippen LogP contribution in [0.2, 0.25) is 5.02 Å². The smallest absolute Gasteiger partial charge is 0.293 e. The van der Waals surface area contributed by atoms with E-state index in [1.807, 2.05) is 35.8 Å². The number of morpholine rings is 1. The molecule has 9 nitrogen and oxygen atoms in total. The summed E-state index contributed by atoms with van der Waals surface area (Å²) in [6, 6.07) is 4.87. The van der Waals surface area contributed by atoms with Gasteiger partial charge in [0.25, 0.3) is 5.56 Å². The Kier molecular flexibility index (Phi) is 5.72. The number of anilines is 1. The standard InChI is InChI=1S/C25H25ClFN7O2/c1-3-33-24(35)23-19(10-29-33)22(18-7-4-16(26)8-20(18)27)30-25(31-23)32-11-14(2)36-21(13-32)15-9-28-34(12-15)17-5-6-17/h4,7-10,12,14,17,21H,3,5-6,11,13H2,1-2H3. The first-order valence-corrected chi connectivity index (χ1v) is 12.5. The van der Waals surface area contributed by atoms with Crippen LogP contribution in [-0.4, -0.2) is 48.7 Å². The largest absolute Gasteiger partial charge is 0.367 e. The van der Waals surface area contributed by atoms with E-state index in [1.54, 1.807) is 12.1 Å². The molecule has 11 heteroatoms. The number of ether oxygens (including phenoxy) is 1. The number of hydrogen-bond acceptors (Lipinski definition) is 7. The van der Waals surface area contributed by atoms with Crippen LogP contribution in [0.5, 0.6) is 0 Å². The lowest BCUT2D eigenvalue weighted by Crippen LogP contribution is -2.43. The van der Waals surface area contributed by atoms with Crippen LogP contribution in [0.4, 0.5) is 10.3 Å². The number of aryl methyl sites for hydroxylation is 1. The van der Waals surface area contributed by atoms with Crippen LogP contribution in [0.15, 0.2) is 41.6 Å². The molecule has 6 rings (SSSR count). The number of fused-ring (bicyclic) bond motifs is 1. The van der Waals surface area contributed by atoms with Gasteiger partial charge in [0.05, 0.1) is 42.2 Å². The van der Waals surface area contributed by atoms with Gasteiger partial charge in [-0.3, -0.25) is 9.48 Å².